The van der Waals surface area contributed by atoms with Crippen molar-refractivity contribution in [1.82, 2.24) is 0 Å². The van der Waals surface area contributed by atoms with Gasteiger partial charge in [-0.05, 0) is 12.1 Å². The molecule has 34 heavy (non-hydrogen) atoms. The smallest absolute Gasteiger partial charge is 0.496 e. The third-order valence-electron chi connectivity index (χ3n) is 4.54. The molecule has 0 unspecified atom stereocenters. The molecule has 0 saturated heterocycles. The number of nitrogens with one attached hydrogen (secondary N) is 1. The summed E-state index contributed by atoms with van der Waals surface area (Å²) in [7, 11) is 4.51. The first kappa shape index (κ1) is 25.4. The molecule has 0 aliphatic heterocycles. The molecule has 0 aliphatic rings. The van der Waals surface area contributed by atoms with Crippen molar-refractivity contribution >= 4 is 34.8 Å². The van der Waals surface area contributed by atoms with Gasteiger partial charge in [-0.1, -0.05) is 23.2 Å². The summed E-state index contributed by atoms with van der Waals surface area (Å²) in [6, 6.07) is 8.14. The standard InChI is InChI=1S/C22H18Cl2F3NO6/c1-30-12-9-18(31-2)14(19(10-12)32-3)6-11-4-5-17(33-11)21(29)28-20-15(23)7-13(8-16(20)24)34-22(25,26)27/h4-5,7-10H,6H2,1-3H3,(H,28,29). The molecule has 1 amide bonds. The Balaban J connectivity index is 1.80. The second-order valence-corrected chi connectivity index (χ2v) is 7.53. The van der Waals surface area contributed by atoms with E-state index in [0.717, 1.165) is 12.1 Å². The number of anilines is 1. The monoisotopic (exact) mass is 519 g/mol. The van der Waals surface area contributed by atoms with Crippen molar-refractivity contribution in [3.05, 3.63) is 63.5 Å². The molecule has 0 radical (unpaired) electrons. The predicted molar refractivity (Wildman–Crippen MR) is 119 cm³/mol. The minimum Gasteiger partial charge on any atom is -0.496 e. The van der Waals surface area contributed by atoms with Crippen LogP contribution >= 0.6 is 23.2 Å². The molecular formula is C22H18Cl2F3NO6. The van der Waals surface area contributed by atoms with Crippen LogP contribution in [0.3, 0.4) is 0 Å². The number of ether oxygens (including phenoxy) is 4. The molecule has 12 heteroatoms. The van der Waals surface area contributed by atoms with Crippen molar-refractivity contribution < 1.29 is 41.3 Å². The number of amides is 1. The van der Waals surface area contributed by atoms with Crippen LogP contribution in [0.25, 0.3) is 0 Å². The van der Waals surface area contributed by atoms with Crippen molar-refractivity contribution in [2.75, 3.05) is 26.6 Å². The molecule has 0 atom stereocenters. The lowest BCUT2D eigenvalue weighted by Gasteiger charge is -2.14. The van der Waals surface area contributed by atoms with Crippen molar-refractivity contribution in [2.45, 2.75) is 12.8 Å². The first-order valence-corrected chi connectivity index (χ1v) is 10.2. The maximum atomic E-state index is 12.6. The van der Waals surface area contributed by atoms with Crippen LogP contribution in [-0.4, -0.2) is 33.6 Å². The summed E-state index contributed by atoms with van der Waals surface area (Å²) in [6.45, 7) is 0. The maximum Gasteiger partial charge on any atom is 0.573 e. The zero-order valence-electron chi connectivity index (χ0n) is 18.0. The summed E-state index contributed by atoms with van der Waals surface area (Å²) < 4.78 is 62.7. The van der Waals surface area contributed by atoms with E-state index in [9.17, 15) is 18.0 Å². The highest BCUT2D eigenvalue weighted by molar-refractivity contribution is 6.40. The minimum absolute atomic E-state index is 0.0794. The quantitative estimate of drug-likeness (QED) is 0.373. The van der Waals surface area contributed by atoms with Crippen LogP contribution in [0.1, 0.15) is 21.9 Å². The molecule has 7 nitrogen and oxygen atoms in total. The summed E-state index contributed by atoms with van der Waals surface area (Å²) in [5.41, 5.74) is 0.567. The van der Waals surface area contributed by atoms with Crippen LogP contribution in [0, 0.1) is 0 Å². The molecule has 0 aliphatic carbocycles. The predicted octanol–water partition coefficient (Wildman–Crippen LogP) is 6.35. The topological polar surface area (TPSA) is 79.2 Å². The lowest BCUT2D eigenvalue weighted by Crippen LogP contribution is -2.17. The van der Waals surface area contributed by atoms with Gasteiger partial charge in [0, 0.05) is 36.2 Å². The van der Waals surface area contributed by atoms with E-state index in [1.54, 1.807) is 18.2 Å². The SMILES string of the molecule is COc1cc(OC)c(Cc2ccc(C(=O)Nc3c(Cl)cc(OC(F)(F)F)cc3Cl)o2)c(OC)c1. The van der Waals surface area contributed by atoms with Gasteiger partial charge in [0.15, 0.2) is 5.76 Å². The Morgan fingerprint density at radius 1 is 0.941 bits per heavy atom. The van der Waals surface area contributed by atoms with Gasteiger partial charge in [-0.25, -0.2) is 0 Å². The fourth-order valence-corrected chi connectivity index (χ4v) is 3.62. The summed E-state index contributed by atoms with van der Waals surface area (Å²) in [6.07, 6.45) is -4.69. The Kier molecular flexibility index (Phi) is 7.73. The van der Waals surface area contributed by atoms with Crippen molar-refractivity contribution in [1.29, 1.82) is 0 Å². The highest BCUT2D eigenvalue weighted by Crippen LogP contribution is 2.38. The molecule has 0 saturated carbocycles. The van der Waals surface area contributed by atoms with Crippen molar-refractivity contribution in [2.24, 2.45) is 0 Å². The summed E-state index contributed by atoms with van der Waals surface area (Å²) in [4.78, 5) is 12.6. The molecule has 0 spiro atoms. The summed E-state index contributed by atoms with van der Waals surface area (Å²) in [5.74, 6) is 0.535. The molecule has 3 rings (SSSR count). The second-order valence-electron chi connectivity index (χ2n) is 6.72. The summed E-state index contributed by atoms with van der Waals surface area (Å²) >= 11 is 12.0. The van der Waals surface area contributed by atoms with E-state index in [4.69, 9.17) is 41.8 Å². The number of hydrogen-bond donors (Lipinski definition) is 1. The third kappa shape index (κ3) is 6.00. The van der Waals surface area contributed by atoms with E-state index in [1.165, 1.54) is 27.4 Å². The molecule has 0 fully saturated rings. The van der Waals surface area contributed by atoms with E-state index in [0.29, 0.717) is 28.6 Å². The van der Waals surface area contributed by atoms with Gasteiger partial charge in [0.05, 0.1) is 37.1 Å². The van der Waals surface area contributed by atoms with Crippen LogP contribution in [0.15, 0.2) is 40.8 Å². The number of carbonyl (C=O) groups excluding carboxylic acids is 1. The van der Waals surface area contributed by atoms with Gasteiger partial charge in [0.1, 0.15) is 28.8 Å². The Bertz CT molecular complexity index is 1150. The van der Waals surface area contributed by atoms with Gasteiger partial charge in [-0.15, -0.1) is 13.2 Å². The van der Waals surface area contributed by atoms with E-state index in [-0.39, 0.29) is 27.9 Å². The minimum atomic E-state index is -4.92. The lowest BCUT2D eigenvalue weighted by atomic mass is 10.1. The molecule has 1 N–H and O–H groups in total. The van der Waals surface area contributed by atoms with E-state index in [1.807, 2.05) is 0 Å². The zero-order chi connectivity index (χ0) is 25.0. The van der Waals surface area contributed by atoms with Crippen LogP contribution in [0.2, 0.25) is 10.0 Å². The van der Waals surface area contributed by atoms with Gasteiger partial charge in [-0.3, -0.25) is 4.79 Å². The molecule has 182 valence electrons. The molecular weight excluding hydrogens is 502 g/mol. The normalized spacial score (nSPS) is 11.2. The second kappa shape index (κ2) is 10.4. The lowest BCUT2D eigenvalue weighted by molar-refractivity contribution is -0.274. The van der Waals surface area contributed by atoms with Crippen LogP contribution in [-0.2, 0) is 6.42 Å². The molecule has 1 aromatic heterocycles. The number of hydrogen-bond acceptors (Lipinski definition) is 6. The Hall–Kier alpha value is -3.24. The number of furan rings is 1. The zero-order valence-corrected chi connectivity index (χ0v) is 19.5. The van der Waals surface area contributed by atoms with Gasteiger partial charge >= 0.3 is 6.36 Å². The fraction of sp³-hybridized carbons (Fsp3) is 0.227. The van der Waals surface area contributed by atoms with Gasteiger partial charge < -0.3 is 28.7 Å². The van der Waals surface area contributed by atoms with E-state index < -0.39 is 18.0 Å². The van der Waals surface area contributed by atoms with Gasteiger partial charge in [0.25, 0.3) is 5.91 Å². The Labute approximate surface area is 202 Å². The average molecular weight is 520 g/mol. The largest absolute Gasteiger partial charge is 0.573 e. The van der Waals surface area contributed by atoms with E-state index >= 15 is 0 Å². The number of rotatable bonds is 8. The highest BCUT2D eigenvalue weighted by Gasteiger charge is 2.31. The fourth-order valence-electron chi connectivity index (χ4n) is 3.06. The molecule has 0 bridgehead atoms. The van der Waals surface area contributed by atoms with Crippen molar-refractivity contribution in [3.63, 3.8) is 0 Å². The van der Waals surface area contributed by atoms with Crippen LogP contribution < -0.4 is 24.3 Å². The number of carbonyl (C=O) groups is 1. The number of methoxy groups -OCH3 is 3. The summed E-state index contributed by atoms with van der Waals surface area (Å²) in [5, 5.41) is 1.92. The number of benzene rings is 2. The first-order valence-electron chi connectivity index (χ1n) is 9.48. The third-order valence-corrected chi connectivity index (χ3v) is 5.14. The highest BCUT2D eigenvalue weighted by atomic mass is 35.5. The van der Waals surface area contributed by atoms with Crippen LogP contribution in [0.4, 0.5) is 18.9 Å². The first-order chi connectivity index (χ1) is 16.0. The molecule has 1 heterocycles. The maximum absolute atomic E-state index is 12.6. The van der Waals surface area contributed by atoms with Crippen molar-refractivity contribution in [3.8, 4) is 23.0 Å². The molecule has 2 aromatic carbocycles. The number of halogens is 5. The molecule has 3 aromatic rings. The number of alkyl halides is 3. The van der Waals surface area contributed by atoms with Gasteiger partial charge in [0.2, 0.25) is 0 Å². The Morgan fingerprint density at radius 2 is 1.53 bits per heavy atom. The Morgan fingerprint density at radius 3 is 2.03 bits per heavy atom. The van der Waals surface area contributed by atoms with Crippen LogP contribution in [0.5, 0.6) is 23.0 Å². The van der Waals surface area contributed by atoms with Gasteiger partial charge in [-0.2, -0.15) is 0 Å². The average Bonchev–Trinajstić information content (AvgIpc) is 3.23. The van der Waals surface area contributed by atoms with E-state index in [2.05, 4.69) is 10.1 Å².